The minimum atomic E-state index is -3.95. The summed E-state index contributed by atoms with van der Waals surface area (Å²) in [6.45, 7) is 5.66. The predicted molar refractivity (Wildman–Crippen MR) is 108 cm³/mol. The van der Waals surface area contributed by atoms with E-state index in [0.29, 0.717) is 38.8 Å². The number of nitrogens with one attached hydrogen (secondary N) is 1. The smallest absolute Gasteiger partial charge is 0.269 e. The van der Waals surface area contributed by atoms with Crippen molar-refractivity contribution in [1.82, 2.24) is 19.4 Å². The average Bonchev–Trinajstić information content (AvgIpc) is 3.47. The van der Waals surface area contributed by atoms with Crippen molar-refractivity contribution in [1.29, 1.82) is 0 Å². The third-order valence-corrected chi connectivity index (χ3v) is 7.63. The van der Waals surface area contributed by atoms with Crippen LogP contribution < -0.4 is 5.32 Å². The van der Waals surface area contributed by atoms with E-state index in [9.17, 15) is 22.8 Å². The van der Waals surface area contributed by atoms with Crippen molar-refractivity contribution in [3.8, 4) is 0 Å². The molecule has 162 valence electrons. The number of rotatable bonds is 5. The molecule has 1 saturated heterocycles. The first-order valence-corrected chi connectivity index (χ1v) is 11.7. The first-order valence-electron chi connectivity index (χ1n) is 10.2. The van der Waals surface area contributed by atoms with E-state index >= 15 is 0 Å². The van der Waals surface area contributed by atoms with Gasteiger partial charge in [0.2, 0.25) is 5.91 Å². The van der Waals surface area contributed by atoms with Crippen LogP contribution in [0.1, 0.15) is 47.4 Å². The Morgan fingerprint density at radius 1 is 1.13 bits per heavy atom. The minimum absolute atomic E-state index is 0.0143. The van der Waals surface area contributed by atoms with Gasteiger partial charge in [0.05, 0.1) is 12.1 Å². The Morgan fingerprint density at radius 3 is 2.40 bits per heavy atom. The highest BCUT2D eigenvalue weighted by atomic mass is 32.2. The van der Waals surface area contributed by atoms with Gasteiger partial charge in [-0.05, 0) is 44.9 Å². The summed E-state index contributed by atoms with van der Waals surface area (Å²) < 4.78 is 26.4. The summed E-state index contributed by atoms with van der Waals surface area (Å²) in [6, 6.07) is 4.06. The number of piperazine rings is 1. The highest BCUT2D eigenvalue weighted by Crippen LogP contribution is 2.32. The van der Waals surface area contributed by atoms with E-state index in [0.717, 1.165) is 17.1 Å². The molecule has 4 rings (SSSR count). The van der Waals surface area contributed by atoms with E-state index in [1.807, 2.05) is 4.90 Å². The lowest BCUT2D eigenvalue weighted by Crippen LogP contribution is -2.51. The van der Waals surface area contributed by atoms with Gasteiger partial charge in [0, 0.05) is 43.8 Å². The van der Waals surface area contributed by atoms with Crippen LogP contribution in [-0.4, -0.2) is 85.1 Å². The fourth-order valence-electron chi connectivity index (χ4n) is 3.89. The Kier molecular flexibility index (Phi) is 5.31. The molecular formula is C20H26N4O5S. The third kappa shape index (κ3) is 3.81. The Morgan fingerprint density at radius 2 is 1.80 bits per heavy atom. The molecule has 1 N–H and O–H groups in total. The molecule has 1 saturated carbocycles. The maximum atomic E-state index is 12.9. The van der Waals surface area contributed by atoms with E-state index in [1.54, 1.807) is 18.7 Å². The van der Waals surface area contributed by atoms with Crippen molar-refractivity contribution in [3.63, 3.8) is 0 Å². The quantitative estimate of drug-likeness (QED) is 0.713. The lowest BCUT2D eigenvalue weighted by Gasteiger charge is -2.34. The van der Waals surface area contributed by atoms with Crippen molar-refractivity contribution in [2.24, 2.45) is 0 Å². The van der Waals surface area contributed by atoms with Crippen LogP contribution in [0.25, 0.3) is 0 Å². The Bertz CT molecular complexity index is 994. The molecule has 0 aromatic heterocycles. The number of amides is 3. The Hall–Kier alpha value is -2.46. The molecule has 3 aliphatic rings. The SMILES string of the molecule is CC(C)N1C(=O)c2ccc(C(=O)N3CCN(CC(=O)NC4CC4)CC3)cc2S1(=O)=O. The second-order valence-corrected chi connectivity index (χ2v) is 10.1. The van der Waals surface area contributed by atoms with Crippen LogP contribution in [0.15, 0.2) is 23.1 Å². The molecule has 2 heterocycles. The largest absolute Gasteiger partial charge is 0.352 e. The molecule has 1 aliphatic carbocycles. The number of fused-ring (bicyclic) bond motifs is 1. The molecule has 30 heavy (non-hydrogen) atoms. The van der Waals surface area contributed by atoms with Crippen LogP contribution in [0.5, 0.6) is 0 Å². The van der Waals surface area contributed by atoms with Crippen molar-refractivity contribution in [2.75, 3.05) is 32.7 Å². The maximum Gasteiger partial charge on any atom is 0.269 e. The Balaban J connectivity index is 1.42. The zero-order valence-corrected chi connectivity index (χ0v) is 17.9. The van der Waals surface area contributed by atoms with Crippen LogP contribution in [0, 0.1) is 0 Å². The number of sulfonamides is 1. The summed E-state index contributed by atoms with van der Waals surface area (Å²) in [5, 5.41) is 2.96. The van der Waals surface area contributed by atoms with Crippen LogP contribution in [0.2, 0.25) is 0 Å². The highest BCUT2D eigenvalue weighted by Gasteiger charge is 2.43. The summed E-state index contributed by atoms with van der Waals surface area (Å²) in [6.07, 6.45) is 2.09. The van der Waals surface area contributed by atoms with E-state index in [-0.39, 0.29) is 27.8 Å². The second kappa shape index (κ2) is 7.66. The lowest BCUT2D eigenvalue weighted by atomic mass is 10.1. The van der Waals surface area contributed by atoms with Gasteiger partial charge in [-0.2, -0.15) is 0 Å². The van der Waals surface area contributed by atoms with Crippen molar-refractivity contribution in [3.05, 3.63) is 29.3 Å². The highest BCUT2D eigenvalue weighted by molar-refractivity contribution is 7.90. The zero-order valence-electron chi connectivity index (χ0n) is 17.1. The molecule has 1 aromatic rings. The maximum absolute atomic E-state index is 12.9. The summed E-state index contributed by atoms with van der Waals surface area (Å²) in [4.78, 5) is 40.9. The van der Waals surface area contributed by atoms with Gasteiger partial charge >= 0.3 is 0 Å². The van der Waals surface area contributed by atoms with Crippen molar-refractivity contribution in [2.45, 2.75) is 43.7 Å². The molecule has 2 fully saturated rings. The van der Waals surface area contributed by atoms with Crippen molar-refractivity contribution >= 4 is 27.7 Å². The molecule has 0 unspecified atom stereocenters. The number of nitrogens with zero attached hydrogens (tertiary/aromatic N) is 3. The van der Waals surface area contributed by atoms with Gasteiger partial charge in [0.25, 0.3) is 21.8 Å². The van der Waals surface area contributed by atoms with Crippen molar-refractivity contribution < 1.29 is 22.8 Å². The topological polar surface area (TPSA) is 107 Å². The molecule has 2 aliphatic heterocycles. The minimum Gasteiger partial charge on any atom is -0.352 e. The third-order valence-electron chi connectivity index (χ3n) is 5.63. The molecule has 10 heteroatoms. The van der Waals surface area contributed by atoms with Crippen LogP contribution >= 0.6 is 0 Å². The molecular weight excluding hydrogens is 408 g/mol. The molecule has 0 bridgehead atoms. The zero-order chi connectivity index (χ0) is 21.6. The molecule has 3 amide bonds. The van der Waals surface area contributed by atoms with Gasteiger partial charge in [0.1, 0.15) is 4.90 Å². The van der Waals surface area contributed by atoms with Crippen LogP contribution in [0.3, 0.4) is 0 Å². The summed E-state index contributed by atoms with van der Waals surface area (Å²) >= 11 is 0. The number of carbonyl (C=O) groups is 3. The van der Waals surface area contributed by atoms with Gasteiger partial charge in [-0.25, -0.2) is 12.7 Å². The fraction of sp³-hybridized carbons (Fsp3) is 0.550. The molecule has 9 nitrogen and oxygen atoms in total. The summed E-state index contributed by atoms with van der Waals surface area (Å²) in [5.41, 5.74) is 0.349. The molecule has 0 atom stereocenters. The summed E-state index contributed by atoms with van der Waals surface area (Å²) in [5.74, 6) is -0.817. The number of benzene rings is 1. The molecule has 0 spiro atoms. The normalized spacial score (nSPS) is 21.1. The monoisotopic (exact) mass is 434 g/mol. The summed E-state index contributed by atoms with van der Waals surface area (Å²) in [7, 11) is -3.95. The molecule has 0 radical (unpaired) electrons. The number of hydrogen-bond donors (Lipinski definition) is 1. The van der Waals surface area contributed by atoms with E-state index in [2.05, 4.69) is 5.32 Å². The standard InChI is InChI=1S/C20H26N4O5S/c1-13(2)24-20(27)16-6-3-14(11-17(16)30(24,28)29)19(26)23-9-7-22(8-10-23)12-18(25)21-15-4-5-15/h3,6,11,13,15H,4-5,7-10,12H2,1-2H3,(H,21,25). The van der Waals surface area contributed by atoms with E-state index < -0.39 is 22.0 Å². The van der Waals surface area contributed by atoms with E-state index in [4.69, 9.17) is 0 Å². The Labute approximate surface area is 176 Å². The lowest BCUT2D eigenvalue weighted by molar-refractivity contribution is -0.122. The average molecular weight is 435 g/mol. The van der Waals surface area contributed by atoms with Gasteiger partial charge in [0.15, 0.2) is 0 Å². The van der Waals surface area contributed by atoms with E-state index in [1.165, 1.54) is 18.2 Å². The van der Waals surface area contributed by atoms with Gasteiger partial charge in [-0.3, -0.25) is 19.3 Å². The second-order valence-electron chi connectivity index (χ2n) is 8.32. The number of hydrogen-bond acceptors (Lipinski definition) is 6. The molecule has 1 aromatic carbocycles. The predicted octanol–water partition coefficient (Wildman–Crippen LogP) is 0.276. The number of carbonyl (C=O) groups excluding carboxylic acids is 3. The van der Waals surface area contributed by atoms with Gasteiger partial charge in [-0.15, -0.1) is 0 Å². The fourth-order valence-corrected chi connectivity index (χ4v) is 5.68. The van der Waals surface area contributed by atoms with Crippen LogP contribution in [0.4, 0.5) is 0 Å². The first-order chi connectivity index (χ1) is 14.2. The van der Waals surface area contributed by atoms with Crippen LogP contribution in [-0.2, 0) is 14.8 Å². The first kappa shape index (κ1) is 20.8. The van der Waals surface area contributed by atoms with Gasteiger partial charge < -0.3 is 10.2 Å². The van der Waals surface area contributed by atoms with Gasteiger partial charge in [-0.1, -0.05) is 0 Å².